The van der Waals surface area contributed by atoms with Crippen molar-refractivity contribution in [1.82, 2.24) is 0 Å². The highest BCUT2D eigenvalue weighted by molar-refractivity contribution is 5.93. The molecule has 0 aliphatic heterocycles. The highest BCUT2D eigenvalue weighted by Crippen LogP contribution is 2.63. The van der Waals surface area contributed by atoms with Gasteiger partial charge in [-0.3, -0.25) is 4.79 Å². The van der Waals surface area contributed by atoms with Gasteiger partial charge in [0.15, 0.2) is 5.78 Å². The Bertz CT molecular complexity index is 582. The lowest BCUT2D eigenvalue weighted by molar-refractivity contribution is -0.115. The van der Waals surface area contributed by atoms with Gasteiger partial charge in [-0.05, 0) is 54.9 Å². The van der Waals surface area contributed by atoms with E-state index in [9.17, 15) is 9.18 Å². The predicted octanol–water partition coefficient (Wildman–Crippen LogP) is 3.57. The van der Waals surface area contributed by atoms with Crippen LogP contribution in [0.3, 0.4) is 0 Å². The van der Waals surface area contributed by atoms with Gasteiger partial charge in [0.2, 0.25) is 0 Å². The SMILES string of the molecule is C[C@]12C=CC(=O)CC1=CC[C@@H]1[C@H]2CC[C@]2(C)C(N)C(F)C[C@@H]12. The van der Waals surface area contributed by atoms with Gasteiger partial charge in [-0.15, -0.1) is 0 Å². The first-order valence-corrected chi connectivity index (χ1v) is 8.67. The number of hydrogen-bond donors (Lipinski definition) is 1. The molecule has 22 heavy (non-hydrogen) atoms. The van der Waals surface area contributed by atoms with Gasteiger partial charge in [-0.1, -0.05) is 31.6 Å². The highest BCUT2D eigenvalue weighted by atomic mass is 19.1. The first-order valence-electron chi connectivity index (χ1n) is 8.67. The average Bonchev–Trinajstić information content (AvgIpc) is 2.72. The largest absolute Gasteiger partial charge is 0.325 e. The van der Waals surface area contributed by atoms with Crippen molar-refractivity contribution in [1.29, 1.82) is 0 Å². The molecule has 2 N–H and O–H groups in total. The average molecular weight is 303 g/mol. The second-order valence-electron chi connectivity index (χ2n) is 8.42. The van der Waals surface area contributed by atoms with Crippen LogP contribution in [-0.2, 0) is 4.79 Å². The van der Waals surface area contributed by atoms with Gasteiger partial charge in [0.25, 0.3) is 0 Å². The van der Waals surface area contributed by atoms with Gasteiger partial charge in [0.05, 0.1) is 0 Å². The summed E-state index contributed by atoms with van der Waals surface area (Å²) in [6.07, 6.45) is 9.65. The van der Waals surface area contributed by atoms with Crippen LogP contribution in [0.1, 0.15) is 46.0 Å². The lowest BCUT2D eigenvalue weighted by atomic mass is 9.49. The topological polar surface area (TPSA) is 43.1 Å². The summed E-state index contributed by atoms with van der Waals surface area (Å²) >= 11 is 0. The van der Waals surface area contributed by atoms with E-state index in [1.165, 1.54) is 5.57 Å². The second-order valence-corrected chi connectivity index (χ2v) is 8.42. The van der Waals surface area contributed by atoms with Gasteiger partial charge in [-0.2, -0.15) is 0 Å². The zero-order valence-corrected chi connectivity index (χ0v) is 13.5. The molecule has 0 aromatic heterocycles. The van der Waals surface area contributed by atoms with Crippen molar-refractivity contribution in [2.45, 2.75) is 58.2 Å². The molecular formula is C19H26FNO. The Hall–Kier alpha value is -0.960. The fourth-order valence-corrected chi connectivity index (χ4v) is 6.11. The van der Waals surface area contributed by atoms with Crippen LogP contribution < -0.4 is 5.73 Å². The zero-order valence-electron chi connectivity index (χ0n) is 13.5. The van der Waals surface area contributed by atoms with Crippen molar-refractivity contribution in [3.63, 3.8) is 0 Å². The Labute approximate surface area is 132 Å². The Morgan fingerprint density at radius 2 is 2.09 bits per heavy atom. The van der Waals surface area contributed by atoms with Crippen LogP contribution in [-0.4, -0.2) is 18.0 Å². The summed E-state index contributed by atoms with van der Waals surface area (Å²) < 4.78 is 14.3. The monoisotopic (exact) mass is 303 g/mol. The van der Waals surface area contributed by atoms with E-state index < -0.39 is 6.17 Å². The third kappa shape index (κ3) is 1.72. The smallest absolute Gasteiger partial charge is 0.159 e. The Morgan fingerprint density at radius 3 is 2.86 bits per heavy atom. The van der Waals surface area contributed by atoms with E-state index in [2.05, 4.69) is 26.0 Å². The number of ketones is 1. The Kier molecular flexibility index (Phi) is 3.01. The number of rotatable bonds is 0. The molecule has 2 nitrogen and oxygen atoms in total. The number of nitrogens with two attached hydrogens (primary N) is 1. The molecular weight excluding hydrogens is 277 g/mol. The van der Waals surface area contributed by atoms with Crippen LogP contribution >= 0.6 is 0 Å². The van der Waals surface area contributed by atoms with E-state index in [4.69, 9.17) is 5.73 Å². The number of halogens is 1. The minimum absolute atomic E-state index is 0.00332. The minimum Gasteiger partial charge on any atom is -0.325 e. The molecule has 120 valence electrons. The van der Waals surface area contributed by atoms with Crippen LogP contribution in [0.2, 0.25) is 0 Å². The molecule has 0 heterocycles. The normalized spacial score (nSPS) is 53.5. The van der Waals surface area contributed by atoms with Gasteiger partial charge >= 0.3 is 0 Å². The number of fused-ring (bicyclic) bond motifs is 5. The van der Waals surface area contributed by atoms with E-state index in [0.717, 1.165) is 19.3 Å². The van der Waals surface area contributed by atoms with Crippen molar-refractivity contribution < 1.29 is 9.18 Å². The van der Waals surface area contributed by atoms with Crippen molar-refractivity contribution in [3.8, 4) is 0 Å². The lowest BCUT2D eigenvalue weighted by Crippen LogP contribution is -2.52. The van der Waals surface area contributed by atoms with E-state index in [1.807, 2.05) is 0 Å². The van der Waals surface area contributed by atoms with Crippen LogP contribution in [0.25, 0.3) is 0 Å². The minimum atomic E-state index is -0.851. The molecule has 4 aliphatic rings. The van der Waals surface area contributed by atoms with Crippen LogP contribution in [0, 0.1) is 28.6 Å². The lowest BCUT2D eigenvalue weighted by Gasteiger charge is -2.55. The quantitative estimate of drug-likeness (QED) is 0.695. The molecule has 0 spiro atoms. The van der Waals surface area contributed by atoms with Crippen molar-refractivity contribution in [2.24, 2.45) is 34.3 Å². The molecule has 2 saturated carbocycles. The van der Waals surface area contributed by atoms with E-state index in [0.29, 0.717) is 30.6 Å². The highest BCUT2D eigenvalue weighted by Gasteiger charge is 2.60. The van der Waals surface area contributed by atoms with E-state index in [1.54, 1.807) is 6.08 Å². The van der Waals surface area contributed by atoms with E-state index >= 15 is 0 Å². The third-order valence-electron chi connectivity index (χ3n) is 7.58. The number of hydrogen-bond acceptors (Lipinski definition) is 2. The fraction of sp³-hybridized carbons (Fsp3) is 0.737. The molecule has 7 atom stereocenters. The number of carbonyl (C=O) groups excluding carboxylic acids is 1. The first-order chi connectivity index (χ1) is 10.4. The van der Waals surface area contributed by atoms with Crippen molar-refractivity contribution in [2.75, 3.05) is 0 Å². The number of allylic oxidation sites excluding steroid dienone is 4. The summed E-state index contributed by atoms with van der Waals surface area (Å²) in [6.45, 7) is 4.49. The summed E-state index contributed by atoms with van der Waals surface area (Å²) in [5.41, 5.74) is 7.47. The maximum atomic E-state index is 14.3. The summed E-state index contributed by atoms with van der Waals surface area (Å²) in [4.78, 5) is 11.7. The Morgan fingerprint density at radius 1 is 1.32 bits per heavy atom. The summed E-state index contributed by atoms with van der Waals surface area (Å²) in [7, 11) is 0. The standard InChI is InChI=1S/C19H26FNO/c1-18-7-5-12(22)9-11(18)3-4-13-14(18)6-8-19(2)15(13)10-16(20)17(19)21/h3,5,7,13-17H,4,6,8-10,21H2,1-2H3/t13-,14-,15+,16?,17?,18+,19+/m1/s1. The van der Waals surface area contributed by atoms with Gasteiger partial charge in [0.1, 0.15) is 6.17 Å². The zero-order chi connectivity index (χ0) is 15.7. The summed E-state index contributed by atoms with van der Waals surface area (Å²) in [5, 5.41) is 0. The molecule has 2 fully saturated rings. The van der Waals surface area contributed by atoms with Crippen LogP contribution in [0.4, 0.5) is 4.39 Å². The van der Waals surface area contributed by atoms with Gasteiger partial charge in [-0.25, -0.2) is 4.39 Å². The third-order valence-corrected chi connectivity index (χ3v) is 7.58. The van der Waals surface area contributed by atoms with Crippen molar-refractivity contribution >= 4 is 5.78 Å². The molecule has 0 aromatic rings. The summed E-state index contributed by atoms with van der Waals surface area (Å²) in [5.74, 6) is 1.65. The van der Waals surface area contributed by atoms with Crippen LogP contribution in [0.5, 0.6) is 0 Å². The molecule has 3 heteroatoms. The number of carbonyl (C=O) groups is 1. The first kappa shape index (κ1) is 14.6. The van der Waals surface area contributed by atoms with Crippen LogP contribution in [0.15, 0.2) is 23.8 Å². The molecule has 2 unspecified atom stereocenters. The molecule has 0 aromatic carbocycles. The molecule has 0 saturated heterocycles. The maximum Gasteiger partial charge on any atom is 0.159 e. The van der Waals surface area contributed by atoms with Gasteiger partial charge < -0.3 is 5.73 Å². The molecule has 0 radical (unpaired) electrons. The Balaban J connectivity index is 1.72. The maximum absolute atomic E-state index is 14.3. The number of alkyl halides is 1. The molecule has 0 amide bonds. The van der Waals surface area contributed by atoms with E-state index in [-0.39, 0.29) is 22.7 Å². The molecule has 0 bridgehead atoms. The fourth-order valence-electron chi connectivity index (χ4n) is 6.11. The molecule has 4 rings (SSSR count). The van der Waals surface area contributed by atoms with Gasteiger partial charge in [0, 0.05) is 17.9 Å². The predicted molar refractivity (Wildman–Crippen MR) is 84.9 cm³/mol. The molecule has 4 aliphatic carbocycles. The summed E-state index contributed by atoms with van der Waals surface area (Å²) in [6, 6.07) is -0.305. The van der Waals surface area contributed by atoms with Crippen molar-refractivity contribution in [3.05, 3.63) is 23.8 Å². The second kappa shape index (κ2) is 4.53.